The Morgan fingerprint density at radius 3 is 2.59 bits per heavy atom. The maximum absolute atomic E-state index is 14.0. The summed E-state index contributed by atoms with van der Waals surface area (Å²) in [5, 5.41) is 2.85. The van der Waals surface area contributed by atoms with Crippen molar-refractivity contribution in [3.8, 4) is 0 Å². The topological polar surface area (TPSA) is 82.2 Å². The lowest BCUT2D eigenvalue weighted by Gasteiger charge is -2.38. The molecule has 0 aliphatic carbocycles. The Labute approximate surface area is 200 Å². The highest BCUT2D eigenvalue weighted by atomic mass is 19.1. The molecular weight excluding hydrogens is 439 g/mol. The fraction of sp³-hybridized carbons (Fsp3) is 0.560. The molecule has 1 aromatic rings. The van der Waals surface area contributed by atoms with Crippen LogP contribution in [0.15, 0.2) is 35.5 Å². The number of ether oxygens (including phenoxy) is 1. The van der Waals surface area contributed by atoms with Gasteiger partial charge in [-0.15, -0.1) is 0 Å². The predicted octanol–water partition coefficient (Wildman–Crippen LogP) is 2.92. The van der Waals surface area contributed by atoms with Crippen LogP contribution in [-0.2, 0) is 14.3 Å². The highest BCUT2D eigenvalue weighted by Crippen LogP contribution is 2.32. The molecule has 0 bridgehead atoms. The summed E-state index contributed by atoms with van der Waals surface area (Å²) in [5.41, 5.74) is 1.35. The lowest BCUT2D eigenvalue weighted by Crippen LogP contribution is -2.51. The van der Waals surface area contributed by atoms with E-state index in [9.17, 15) is 18.8 Å². The van der Waals surface area contributed by atoms with Crippen LogP contribution in [0.4, 0.5) is 9.18 Å². The van der Waals surface area contributed by atoms with Gasteiger partial charge in [-0.1, -0.05) is 26.0 Å². The number of urea groups is 1. The lowest BCUT2D eigenvalue weighted by molar-refractivity contribution is -0.139. The van der Waals surface area contributed by atoms with Crippen LogP contribution in [0.2, 0.25) is 0 Å². The third-order valence-corrected chi connectivity index (χ3v) is 6.20. The van der Waals surface area contributed by atoms with Crippen molar-refractivity contribution >= 4 is 17.9 Å². The Morgan fingerprint density at radius 2 is 1.94 bits per heavy atom. The average Bonchev–Trinajstić information content (AvgIpc) is 3.04. The van der Waals surface area contributed by atoms with E-state index in [1.54, 1.807) is 24.0 Å². The summed E-state index contributed by atoms with van der Waals surface area (Å²) in [6, 6.07) is 4.74. The molecule has 1 atom stereocenters. The zero-order chi connectivity index (χ0) is 24.8. The number of esters is 1. The molecule has 3 amide bonds. The molecule has 3 rings (SSSR count). The van der Waals surface area contributed by atoms with Gasteiger partial charge in [-0.05, 0) is 38.0 Å². The van der Waals surface area contributed by atoms with E-state index >= 15 is 0 Å². The first-order valence-corrected chi connectivity index (χ1v) is 12.0. The number of hydrogen-bond acceptors (Lipinski definition) is 5. The summed E-state index contributed by atoms with van der Waals surface area (Å²) in [7, 11) is 0. The highest BCUT2D eigenvalue weighted by Gasteiger charge is 2.38. The first kappa shape index (κ1) is 25.7. The Kier molecular flexibility index (Phi) is 8.66. The second-order valence-corrected chi connectivity index (χ2v) is 8.87. The van der Waals surface area contributed by atoms with Gasteiger partial charge in [0.2, 0.25) is 5.91 Å². The van der Waals surface area contributed by atoms with Crippen molar-refractivity contribution in [2.24, 2.45) is 5.92 Å². The Hall–Kier alpha value is -2.94. The number of carbonyl (C=O) groups excluding carboxylic acids is 3. The van der Waals surface area contributed by atoms with Gasteiger partial charge >= 0.3 is 12.0 Å². The van der Waals surface area contributed by atoms with E-state index in [4.69, 9.17) is 4.74 Å². The fourth-order valence-corrected chi connectivity index (χ4v) is 4.52. The number of rotatable bonds is 7. The van der Waals surface area contributed by atoms with Gasteiger partial charge in [0.25, 0.3) is 0 Å². The summed E-state index contributed by atoms with van der Waals surface area (Å²) < 4.78 is 19.4. The molecule has 9 heteroatoms. The van der Waals surface area contributed by atoms with Crippen LogP contribution in [0.25, 0.3) is 0 Å². The van der Waals surface area contributed by atoms with Crippen LogP contribution in [-0.4, -0.2) is 78.5 Å². The van der Waals surface area contributed by atoms with Gasteiger partial charge in [0.05, 0.1) is 18.2 Å². The molecule has 2 heterocycles. The minimum atomic E-state index is -0.814. The zero-order valence-corrected chi connectivity index (χ0v) is 20.5. The molecule has 1 saturated heterocycles. The molecule has 1 N–H and O–H groups in total. The predicted molar refractivity (Wildman–Crippen MR) is 126 cm³/mol. The lowest BCUT2D eigenvalue weighted by atomic mass is 9.94. The Morgan fingerprint density at radius 1 is 1.18 bits per heavy atom. The number of nitrogens with zero attached hydrogens (tertiary/aromatic N) is 3. The summed E-state index contributed by atoms with van der Waals surface area (Å²) in [6.07, 6.45) is 0.798. The zero-order valence-electron chi connectivity index (χ0n) is 20.5. The molecule has 2 aliphatic rings. The van der Waals surface area contributed by atoms with Crippen molar-refractivity contribution in [2.45, 2.75) is 40.2 Å². The standard InChI is InChI=1S/C25H35FN4O4/c1-5-30-20(16-28-11-8-12-29(14-13-28)23(31)17(3)4)21(24(32)34-6-2)22(27-25(30)33)18-9-7-10-19(26)15-18/h7,9-10,15,17,22H,5-6,8,11-14,16H2,1-4H3,(H,27,33). The molecular formula is C25H35FN4O4. The first-order valence-electron chi connectivity index (χ1n) is 12.0. The van der Waals surface area contributed by atoms with Gasteiger partial charge in [0.15, 0.2) is 0 Å². The second-order valence-electron chi connectivity index (χ2n) is 8.87. The molecule has 0 radical (unpaired) electrons. The maximum Gasteiger partial charge on any atom is 0.338 e. The summed E-state index contributed by atoms with van der Waals surface area (Å²) in [6.45, 7) is 10.9. The van der Waals surface area contributed by atoms with Gasteiger partial charge < -0.3 is 15.0 Å². The van der Waals surface area contributed by atoms with Crippen LogP contribution >= 0.6 is 0 Å². The molecule has 34 heavy (non-hydrogen) atoms. The molecule has 0 spiro atoms. The number of hydrogen-bond donors (Lipinski definition) is 1. The molecule has 0 saturated carbocycles. The molecule has 1 unspecified atom stereocenters. The number of halogens is 1. The fourth-order valence-electron chi connectivity index (χ4n) is 4.52. The van der Waals surface area contributed by atoms with Gasteiger partial charge in [-0.3, -0.25) is 14.6 Å². The monoisotopic (exact) mass is 474 g/mol. The number of carbonyl (C=O) groups is 3. The van der Waals surface area contributed by atoms with E-state index in [0.717, 1.165) is 13.0 Å². The molecule has 1 fully saturated rings. The van der Waals surface area contributed by atoms with E-state index in [1.165, 1.54) is 12.1 Å². The average molecular weight is 475 g/mol. The van der Waals surface area contributed by atoms with Gasteiger partial charge in [0, 0.05) is 50.9 Å². The van der Waals surface area contributed by atoms with Crippen molar-refractivity contribution in [1.29, 1.82) is 0 Å². The van der Waals surface area contributed by atoms with Crippen LogP contribution in [0.3, 0.4) is 0 Å². The second kappa shape index (κ2) is 11.5. The van der Waals surface area contributed by atoms with Crippen LogP contribution in [0.1, 0.15) is 45.7 Å². The minimum absolute atomic E-state index is 0.0608. The number of amides is 3. The summed E-state index contributed by atoms with van der Waals surface area (Å²) in [4.78, 5) is 44.2. The van der Waals surface area contributed by atoms with E-state index < -0.39 is 17.8 Å². The van der Waals surface area contributed by atoms with Crippen LogP contribution in [0, 0.1) is 11.7 Å². The normalized spacial score (nSPS) is 19.8. The number of benzene rings is 1. The van der Waals surface area contributed by atoms with E-state index in [2.05, 4.69) is 10.2 Å². The van der Waals surface area contributed by atoms with Crippen molar-refractivity contribution in [3.63, 3.8) is 0 Å². The molecule has 8 nitrogen and oxygen atoms in total. The van der Waals surface area contributed by atoms with Crippen molar-refractivity contribution in [3.05, 3.63) is 46.9 Å². The number of likely N-dealkylation sites (N-methyl/N-ethyl adjacent to an activating group) is 1. The van der Waals surface area contributed by atoms with Crippen molar-refractivity contribution in [1.82, 2.24) is 20.0 Å². The third kappa shape index (κ3) is 5.75. The summed E-state index contributed by atoms with van der Waals surface area (Å²) >= 11 is 0. The highest BCUT2D eigenvalue weighted by molar-refractivity contribution is 5.95. The minimum Gasteiger partial charge on any atom is -0.463 e. The molecule has 2 aliphatic heterocycles. The Bertz CT molecular complexity index is 949. The van der Waals surface area contributed by atoms with Gasteiger partial charge in [-0.2, -0.15) is 0 Å². The smallest absolute Gasteiger partial charge is 0.338 e. The van der Waals surface area contributed by atoms with E-state index in [0.29, 0.717) is 49.6 Å². The molecule has 0 aromatic heterocycles. The Balaban J connectivity index is 1.97. The van der Waals surface area contributed by atoms with Crippen LogP contribution in [0.5, 0.6) is 0 Å². The SMILES string of the molecule is CCOC(=O)C1=C(CN2CCCN(C(=O)C(C)C)CC2)N(CC)C(=O)NC1c1cccc(F)c1. The quantitative estimate of drug-likeness (QED) is 0.615. The van der Waals surface area contributed by atoms with Gasteiger partial charge in [-0.25, -0.2) is 14.0 Å². The first-order chi connectivity index (χ1) is 16.3. The molecule has 186 valence electrons. The van der Waals surface area contributed by atoms with Crippen molar-refractivity contribution < 1.29 is 23.5 Å². The van der Waals surface area contributed by atoms with Crippen molar-refractivity contribution in [2.75, 3.05) is 45.9 Å². The molecule has 1 aromatic carbocycles. The van der Waals surface area contributed by atoms with Crippen LogP contribution < -0.4 is 5.32 Å². The summed E-state index contributed by atoms with van der Waals surface area (Å²) in [5.74, 6) is -0.908. The van der Waals surface area contributed by atoms with E-state index in [-0.39, 0.29) is 24.5 Å². The third-order valence-electron chi connectivity index (χ3n) is 6.20. The largest absolute Gasteiger partial charge is 0.463 e. The number of nitrogens with one attached hydrogen (secondary N) is 1. The van der Waals surface area contributed by atoms with Gasteiger partial charge in [0.1, 0.15) is 5.82 Å². The maximum atomic E-state index is 14.0. The van der Waals surface area contributed by atoms with E-state index in [1.807, 2.05) is 25.7 Å².